The van der Waals surface area contributed by atoms with Crippen molar-refractivity contribution >= 4 is 16.7 Å². The van der Waals surface area contributed by atoms with Crippen molar-refractivity contribution in [3.05, 3.63) is 48.0 Å². The predicted octanol–water partition coefficient (Wildman–Crippen LogP) is 2.20. The van der Waals surface area contributed by atoms with E-state index in [-0.39, 0.29) is 5.91 Å². The molecule has 1 unspecified atom stereocenters. The Bertz CT molecular complexity index is 617. The lowest BCUT2D eigenvalue weighted by Crippen LogP contribution is -2.39. The molecular formula is C17H20N2O. The van der Waals surface area contributed by atoms with Gasteiger partial charge in [0.1, 0.15) is 0 Å². The van der Waals surface area contributed by atoms with E-state index in [1.165, 1.54) is 10.8 Å². The number of hydrogen-bond donors (Lipinski definition) is 1. The minimum absolute atomic E-state index is 0.203. The number of carbonyl (C=O) groups is 1. The molecule has 3 nitrogen and oxygen atoms in total. The van der Waals surface area contributed by atoms with Gasteiger partial charge in [-0.2, -0.15) is 0 Å². The molecule has 2 aromatic carbocycles. The molecule has 0 spiro atoms. The van der Waals surface area contributed by atoms with Crippen LogP contribution in [0, 0.1) is 0 Å². The van der Waals surface area contributed by atoms with E-state index in [0.717, 1.165) is 25.1 Å². The van der Waals surface area contributed by atoms with Crippen LogP contribution < -0.4 is 5.32 Å². The number of amides is 1. The van der Waals surface area contributed by atoms with Crippen LogP contribution in [-0.4, -0.2) is 37.0 Å². The first kappa shape index (κ1) is 13.1. The molecule has 1 atom stereocenters. The molecule has 1 aliphatic heterocycles. The fourth-order valence-corrected chi connectivity index (χ4v) is 2.82. The molecule has 20 heavy (non-hydrogen) atoms. The van der Waals surface area contributed by atoms with Gasteiger partial charge in [0.15, 0.2) is 0 Å². The van der Waals surface area contributed by atoms with Crippen LogP contribution in [-0.2, 0) is 11.2 Å². The van der Waals surface area contributed by atoms with Crippen molar-refractivity contribution < 1.29 is 4.79 Å². The Morgan fingerprint density at radius 2 is 2.05 bits per heavy atom. The summed E-state index contributed by atoms with van der Waals surface area (Å²) in [6, 6.07) is 14.9. The minimum atomic E-state index is 0.203. The summed E-state index contributed by atoms with van der Waals surface area (Å²) in [6.45, 7) is 1.93. The lowest BCUT2D eigenvalue weighted by molar-refractivity contribution is -0.130. The van der Waals surface area contributed by atoms with Gasteiger partial charge in [0.05, 0.1) is 6.42 Å². The topological polar surface area (TPSA) is 32.3 Å². The van der Waals surface area contributed by atoms with Crippen molar-refractivity contribution in [3.63, 3.8) is 0 Å². The van der Waals surface area contributed by atoms with Crippen LogP contribution in [0.5, 0.6) is 0 Å². The number of benzene rings is 2. The summed E-state index contributed by atoms with van der Waals surface area (Å²) in [5.41, 5.74) is 1.09. The molecule has 1 aliphatic rings. The molecule has 104 valence electrons. The molecule has 1 amide bonds. The van der Waals surface area contributed by atoms with Gasteiger partial charge in [-0.25, -0.2) is 0 Å². The molecule has 1 heterocycles. The van der Waals surface area contributed by atoms with Crippen LogP contribution in [0.15, 0.2) is 42.5 Å². The second-order valence-corrected chi connectivity index (χ2v) is 5.51. The van der Waals surface area contributed by atoms with Crippen molar-refractivity contribution in [2.24, 2.45) is 0 Å². The molecular weight excluding hydrogens is 248 g/mol. The van der Waals surface area contributed by atoms with E-state index in [1.54, 1.807) is 0 Å². The fraction of sp³-hybridized carbons (Fsp3) is 0.353. The highest BCUT2D eigenvalue weighted by molar-refractivity contribution is 5.85. The molecule has 1 fully saturated rings. The molecule has 2 aromatic rings. The zero-order valence-electron chi connectivity index (χ0n) is 11.8. The van der Waals surface area contributed by atoms with Crippen molar-refractivity contribution in [3.8, 4) is 0 Å². The second kappa shape index (κ2) is 5.63. The summed E-state index contributed by atoms with van der Waals surface area (Å²) < 4.78 is 0. The van der Waals surface area contributed by atoms with Gasteiger partial charge in [0.2, 0.25) is 5.91 Å². The summed E-state index contributed by atoms with van der Waals surface area (Å²) in [4.78, 5) is 14.2. The normalized spacial score (nSPS) is 18.4. The standard InChI is InChI=1S/C17H20N2O/c1-19(16-8-9-18-12-16)17(20)11-13-6-7-14-4-2-3-5-15(14)10-13/h2-7,10,16,18H,8-9,11-12H2,1H3. The van der Waals surface area contributed by atoms with Gasteiger partial charge < -0.3 is 10.2 Å². The van der Waals surface area contributed by atoms with Gasteiger partial charge in [-0.05, 0) is 29.3 Å². The highest BCUT2D eigenvalue weighted by Gasteiger charge is 2.22. The summed E-state index contributed by atoms with van der Waals surface area (Å²) in [5.74, 6) is 0.203. The molecule has 3 rings (SSSR count). The van der Waals surface area contributed by atoms with Crippen LogP contribution >= 0.6 is 0 Å². The zero-order chi connectivity index (χ0) is 13.9. The number of carbonyl (C=O) groups excluding carboxylic acids is 1. The van der Waals surface area contributed by atoms with E-state index in [0.29, 0.717) is 12.5 Å². The Morgan fingerprint density at radius 1 is 1.25 bits per heavy atom. The van der Waals surface area contributed by atoms with E-state index in [4.69, 9.17) is 0 Å². The van der Waals surface area contributed by atoms with Crippen LogP contribution in [0.1, 0.15) is 12.0 Å². The number of nitrogens with zero attached hydrogens (tertiary/aromatic N) is 1. The quantitative estimate of drug-likeness (QED) is 0.925. The maximum atomic E-state index is 12.3. The Balaban J connectivity index is 1.73. The maximum absolute atomic E-state index is 12.3. The van der Waals surface area contributed by atoms with Gasteiger partial charge in [0.25, 0.3) is 0 Å². The zero-order valence-corrected chi connectivity index (χ0v) is 11.8. The molecule has 0 aromatic heterocycles. The highest BCUT2D eigenvalue weighted by atomic mass is 16.2. The summed E-state index contributed by atoms with van der Waals surface area (Å²) in [5, 5.41) is 5.72. The first-order valence-corrected chi connectivity index (χ1v) is 7.18. The largest absolute Gasteiger partial charge is 0.341 e. The number of hydrogen-bond acceptors (Lipinski definition) is 2. The van der Waals surface area contributed by atoms with E-state index in [2.05, 4.69) is 35.6 Å². The number of rotatable bonds is 3. The summed E-state index contributed by atoms with van der Waals surface area (Å²) >= 11 is 0. The number of nitrogens with one attached hydrogen (secondary N) is 1. The fourth-order valence-electron chi connectivity index (χ4n) is 2.82. The van der Waals surface area contributed by atoms with E-state index in [9.17, 15) is 4.79 Å². The molecule has 3 heteroatoms. The number of likely N-dealkylation sites (N-methyl/N-ethyl adjacent to an activating group) is 1. The van der Waals surface area contributed by atoms with Gasteiger partial charge in [-0.1, -0.05) is 42.5 Å². The lowest BCUT2D eigenvalue weighted by Gasteiger charge is -2.23. The SMILES string of the molecule is CN(C(=O)Cc1ccc2ccccc2c1)C1CCNC1. The Kier molecular flexibility index (Phi) is 3.70. The van der Waals surface area contributed by atoms with Crippen LogP contribution in [0.3, 0.4) is 0 Å². The van der Waals surface area contributed by atoms with Gasteiger partial charge in [-0.3, -0.25) is 4.79 Å². The Hall–Kier alpha value is -1.87. The average Bonchev–Trinajstić information content (AvgIpc) is 3.00. The number of fused-ring (bicyclic) bond motifs is 1. The van der Waals surface area contributed by atoms with Crippen LogP contribution in [0.25, 0.3) is 10.8 Å². The monoisotopic (exact) mass is 268 g/mol. The van der Waals surface area contributed by atoms with Gasteiger partial charge >= 0.3 is 0 Å². The third-order valence-corrected chi connectivity index (χ3v) is 4.14. The predicted molar refractivity (Wildman–Crippen MR) is 81.7 cm³/mol. The minimum Gasteiger partial charge on any atom is -0.341 e. The molecule has 1 N–H and O–H groups in total. The first-order valence-electron chi connectivity index (χ1n) is 7.18. The third-order valence-electron chi connectivity index (χ3n) is 4.14. The molecule has 0 bridgehead atoms. The summed E-state index contributed by atoms with van der Waals surface area (Å²) in [6.07, 6.45) is 1.54. The first-order chi connectivity index (χ1) is 9.74. The molecule has 0 radical (unpaired) electrons. The van der Waals surface area contributed by atoms with Crippen molar-refractivity contribution in [2.75, 3.05) is 20.1 Å². The van der Waals surface area contributed by atoms with Crippen LogP contribution in [0.2, 0.25) is 0 Å². The van der Waals surface area contributed by atoms with Crippen molar-refractivity contribution in [1.82, 2.24) is 10.2 Å². The summed E-state index contributed by atoms with van der Waals surface area (Å²) in [7, 11) is 1.92. The second-order valence-electron chi connectivity index (χ2n) is 5.51. The smallest absolute Gasteiger partial charge is 0.227 e. The van der Waals surface area contributed by atoms with Crippen molar-refractivity contribution in [1.29, 1.82) is 0 Å². The van der Waals surface area contributed by atoms with Crippen LogP contribution in [0.4, 0.5) is 0 Å². The molecule has 1 saturated heterocycles. The Morgan fingerprint density at radius 3 is 2.80 bits per heavy atom. The van der Waals surface area contributed by atoms with E-state index in [1.807, 2.05) is 24.1 Å². The highest BCUT2D eigenvalue weighted by Crippen LogP contribution is 2.17. The third kappa shape index (κ3) is 2.68. The molecule has 0 saturated carbocycles. The van der Waals surface area contributed by atoms with E-state index >= 15 is 0 Å². The average molecular weight is 268 g/mol. The van der Waals surface area contributed by atoms with Crippen molar-refractivity contribution in [2.45, 2.75) is 18.9 Å². The van der Waals surface area contributed by atoms with Gasteiger partial charge in [0, 0.05) is 19.6 Å². The van der Waals surface area contributed by atoms with Gasteiger partial charge in [-0.15, -0.1) is 0 Å². The Labute approximate surface area is 119 Å². The molecule has 0 aliphatic carbocycles. The maximum Gasteiger partial charge on any atom is 0.227 e. The van der Waals surface area contributed by atoms with E-state index < -0.39 is 0 Å². The lowest BCUT2D eigenvalue weighted by atomic mass is 10.0.